The van der Waals surface area contributed by atoms with Crippen molar-refractivity contribution >= 4 is 17.7 Å². The molecule has 3 aromatic rings. The van der Waals surface area contributed by atoms with E-state index in [1.165, 1.54) is 38.5 Å². The minimum atomic E-state index is -0.389. The number of carbonyl (C=O) groups excluding carboxylic acids is 1. The van der Waals surface area contributed by atoms with Crippen LogP contribution in [0.25, 0.3) is 11.8 Å². The monoisotopic (exact) mass is 462 g/mol. The second-order valence-electron chi connectivity index (χ2n) is 10.9. The van der Waals surface area contributed by atoms with E-state index >= 15 is 0 Å². The normalized spacial score (nSPS) is 27.0. The molecule has 1 heterocycles. The largest absolute Gasteiger partial charge is 0.321 e. The number of benzene rings is 2. The highest BCUT2D eigenvalue weighted by Gasteiger charge is 2.53. The van der Waals surface area contributed by atoms with Gasteiger partial charge in [0.15, 0.2) is 0 Å². The van der Waals surface area contributed by atoms with Crippen molar-refractivity contribution in [3.05, 3.63) is 83.2 Å². The molecule has 0 radical (unpaired) electrons. The number of rotatable bonds is 5. The first-order valence-electron chi connectivity index (χ1n) is 12.7. The summed E-state index contributed by atoms with van der Waals surface area (Å²) in [6.45, 7) is 2.00. The molecule has 5 nitrogen and oxygen atoms in total. The number of carbonyl (C=O) groups is 1. The first-order valence-corrected chi connectivity index (χ1v) is 12.7. The maximum absolute atomic E-state index is 13.0. The first-order chi connectivity index (χ1) is 17.0. The third-order valence-electron chi connectivity index (χ3n) is 8.28. The molecule has 0 saturated heterocycles. The first kappa shape index (κ1) is 21.9. The molecule has 0 atom stereocenters. The molecule has 0 spiro atoms. The third kappa shape index (κ3) is 4.08. The Morgan fingerprint density at radius 1 is 1.03 bits per heavy atom. The average molecular weight is 463 g/mol. The number of para-hydroxylation sites is 1. The van der Waals surface area contributed by atoms with Crippen LogP contribution in [-0.2, 0) is 10.2 Å². The molecular formula is C30H30N4O. The Bertz CT molecular complexity index is 1290. The molecule has 1 N–H and O–H groups in total. The van der Waals surface area contributed by atoms with Crippen molar-refractivity contribution in [1.29, 1.82) is 5.26 Å². The van der Waals surface area contributed by atoms with Gasteiger partial charge < -0.3 is 5.32 Å². The topological polar surface area (TPSA) is 70.7 Å². The summed E-state index contributed by atoms with van der Waals surface area (Å²) in [4.78, 5) is 13.0. The quantitative estimate of drug-likeness (QED) is 0.363. The number of anilines is 1. The van der Waals surface area contributed by atoms with Crippen molar-refractivity contribution in [1.82, 2.24) is 9.78 Å². The number of amides is 1. The molecule has 4 saturated carbocycles. The van der Waals surface area contributed by atoms with Gasteiger partial charge in [-0.1, -0.05) is 35.9 Å². The number of nitriles is 1. The van der Waals surface area contributed by atoms with Crippen LogP contribution >= 0.6 is 0 Å². The Morgan fingerprint density at radius 2 is 1.66 bits per heavy atom. The Hall–Kier alpha value is -3.65. The maximum Gasteiger partial charge on any atom is 0.266 e. The van der Waals surface area contributed by atoms with Crippen molar-refractivity contribution in [3.63, 3.8) is 0 Å². The van der Waals surface area contributed by atoms with Gasteiger partial charge in [0.2, 0.25) is 0 Å². The number of hydrogen-bond acceptors (Lipinski definition) is 3. The Balaban J connectivity index is 1.40. The summed E-state index contributed by atoms with van der Waals surface area (Å²) < 4.78 is 1.92. The van der Waals surface area contributed by atoms with Gasteiger partial charge in [0, 0.05) is 22.9 Å². The summed E-state index contributed by atoms with van der Waals surface area (Å²) in [5.74, 6) is 1.95. The van der Waals surface area contributed by atoms with Crippen molar-refractivity contribution < 1.29 is 4.79 Å². The van der Waals surface area contributed by atoms with Crippen molar-refractivity contribution in [3.8, 4) is 11.8 Å². The van der Waals surface area contributed by atoms with Crippen molar-refractivity contribution in [2.24, 2.45) is 17.8 Å². The molecule has 4 aliphatic carbocycles. The molecule has 5 heteroatoms. The molecule has 4 bridgehead atoms. The lowest BCUT2D eigenvalue weighted by Gasteiger charge is -2.56. The van der Waals surface area contributed by atoms with E-state index in [1.54, 1.807) is 6.08 Å². The van der Waals surface area contributed by atoms with Crippen LogP contribution in [0.2, 0.25) is 0 Å². The number of aryl methyl sites for hydroxylation is 1. The van der Waals surface area contributed by atoms with Gasteiger partial charge in [0.05, 0.1) is 11.4 Å². The zero-order valence-electron chi connectivity index (χ0n) is 20.1. The molecule has 4 fully saturated rings. The van der Waals surface area contributed by atoms with Crippen LogP contribution in [0, 0.1) is 36.0 Å². The lowest BCUT2D eigenvalue weighted by Crippen LogP contribution is -2.49. The Morgan fingerprint density at radius 3 is 2.26 bits per heavy atom. The second kappa shape index (κ2) is 8.53. The van der Waals surface area contributed by atoms with Gasteiger partial charge >= 0.3 is 0 Å². The molecular weight excluding hydrogens is 432 g/mol. The van der Waals surface area contributed by atoms with Crippen LogP contribution in [0.3, 0.4) is 0 Å². The molecule has 1 amide bonds. The van der Waals surface area contributed by atoms with Crippen LogP contribution in [0.1, 0.15) is 55.3 Å². The molecule has 0 unspecified atom stereocenters. The van der Waals surface area contributed by atoms with Crippen LogP contribution in [0.4, 0.5) is 5.69 Å². The van der Waals surface area contributed by atoms with Gasteiger partial charge in [0.25, 0.3) is 5.91 Å². The number of nitrogens with one attached hydrogen (secondary N) is 1. The lowest BCUT2D eigenvalue weighted by atomic mass is 9.48. The summed E-state index contributed by atoms with van der Waals surface area (Å²) in [7, 11) is 0. The molecule has 1 aromatic heterocycles. The van der Waals surface area contributed by atoms with E-state index in [-0.39, 0.29) is 16.9 Å². The molecule has 2 aromatic carbocycles. The maximum atomic E-state index is 13.0. The van der Waals surface area contributed by atoms with Gasteiger partial charge in [-0.25, -0.2) is 4.68 Å². The highest BCUT2D eigenvalue weighted by Crippen LogP contribution is 2.61. The standard InChI is InChI=1S/C30H30N4O/c1-20-7-9-26(10-8-20)32-29(35)24(18-31)14-25-19-34(27-5-3-2-4-6-27)33-28(25)30-15-21-11-22(16-30)13-23(12-21)17-30/h2-10,14,19,21-23H,11-13,15-17H2,1H3,(H,32,35). The van der Waals surface area contributed by atoms with E-state index in [0.717, 1.165) is 40.3 Å². The number of aromatic nitrogens is 2. The van der Waals surface area contributed by atoms with Gasteiger partial charge in [0.1, 0.15) is 11.6 Å². The number of nitrogens with zero attached hydrogens (tertiary/aromatic N) is 3. The third-order valence-corrected chi connectivity index (χ3v) is 8.28. The van der Waals surface area contributed by atoms with Crippen molar-refractivity contribution in [2.45, 2.75) is 50.9 Å². The average Bonchev–Trinajstić information content (AvgIpc) is 3.28. The van der Waals surface area contributed by atoms with Gasteiger partial charge in [-0.3, -0.25) is 4.79 Å². The Labute approximate surface area is 206 Å². The lowest BCUT2D eigenvalue weighted by molar-refractivity contribution is -0.112. The summed E-state index contributed by atoms with van der Waals surface area (Å²) in [6, 6.07) is 19.8. The van der Waals surface area contributed by atoms with Crippen LogP contribution < -0.4 is 5.32 Å². The van der Waals surface area contributed by atoms with E-state index in [9.17, 15) is 10.1 Å². The van der Waals surface area contributed by atoms with E-state index in [4.69, 9.17) is 5.10 Å². The summed E-state index contributed by atoms with van der Waals surface area (Å²) in [5.41, 5.74) is 4.90. The highest BCUT2D eigenvalue weighted by atomic mass is 16.1. The van der Waals surface area contributed by atoms with Crippen LogP contribution in [0.5, 0.6) is 0 Å². The molecule has 4 aliphatic rings. The zero-order chi connectivity index (χ0) is 24.0. The minimum Gasteiger partial charge on any atom is -0.321 e. The zero-order valence-corrected chi connectivity index (χ0v) is 20.1. The summed E-state index contributed by atoms with van der Waals surface area (Å²) >= 11 is 0. The summed E-state index contributed by atoms with van der Waals surface area (Å²) in [6.07, 6.45) is 11.3. The molecule has 0 aliphatic heterocycles. The van der Waals surface area contributed by atoms with Gasteiger partial charge in [-0.2, -0.15) is 10.4 Å². The predicted molar refractivity (Wildman–Crippen MR) is 137 cm³/mol. The minimum absolute atomic E-state index is 0.0502. The summed E-state index contributed by atoms with van der Waals surface area (Å²) in [5, 5.41) is 17.9. The number of hydrogen-bond donors (Lipinski definition) is 1. The van der Waals surface area contributed by atoms with E-state index < -0.39 is 0 Å². The molecule has 7 rings (SSSR count). The van der Waals surface area contributed by atoms with Gasteiger partial charge in [-0.15, -0.1) is 0 Å². The Kier molecular flexibility index (Phi) is 5.33. The molecule has 35 heavy (non-hydrogen) atoms. The fraction of sp³-hybridized carbons (Fsp3) is 0.367. The predicted octanol–water partition coefficient (Wildman–Crippen LogP) is 6.19. The smallest absolute Gasteiger partial charge is 0.266 e. The second-order valence-corrected chi connectivity index (χ2v) is 10.9. The van der Waals surface area contributed by atoms with Crippen LogP contribution in [0.15, 0.2) is 66.4 Å². The van der Waals surface area contributed by atoms with Crippen LogP contribution in [-0.4, -0.2) is 15.7 Å². The fourth-order valence-electron chi connectivity index (χ4n) is 7.16. The fourth-order valence-corrected chi connectivity index (χ4v) is 7.16. The van der Waals surface area contributed by atoms with Gasteiger partial charge in [-0.05, 0) is 93.5 Å². The highest BCUT2D eigenvalue weighted by molar-refractivity contribution is 6.09. The van der Waals surface area contributed by atoms with E-state index in [0.29, 0.717) is 5.69 Å². The van der Waals surface area contributed by atoms with Crippen molar-refractivity contribution in [2.75, 3.05) is 5.32 Å². The van der Waals surface area contributed by atoms with E-state index in [2.05, 4.69) is 11.4 Å². The van der Waals surface area contributed by atoms with E-state index in [1.807, 2.05) is 72.4 Å². The molecule has 176 valence electrons. The SMILES string of the molecule is Cc1ccc(NC(=O)C(C#N)=Cc2cn(-c3ccccc3)nc2C23CC4CC(CC(C4)C2)C3)cc1.